The first-order valence-electron chi connectivity index (χ1n) is 7.67. The number of hydrogen-bond acceptors (Lipinski definition) is 3. The lowest BCUT2D eigenvalue weighted by atomic mass is 9.76. The van der Waals surface area contributed by atoms with Gasteiger partial charge in [-0.05, 0) is 47.4 Å². The Morgan fingerprint density at radius 2 is 1.76 bits per heavy atom. The maximum absolute atomic E-state index is 12.3. The molecule has 0 bridgehead atoms. The number of ether oxygens (including phenoxy) is 1. The summed E-state index contributed by atoms with van der Waals surface area (Å²) in [4.78, 5) is 12.3. The van der Waals surface area contributed by atoms with Gasteiger partial charge in [0.2, 0.25) is 0 Å². The molecule has 1 unspecified atom stereocenters. The first-order chi connectivity index (χ1) is 11.9. The molecule has 0 amide bonds. The van der Waals surface area contributed by atoms with E-state index in [0.717, 1.165) is 16.7 Å². The van der Waals surface area contributed by atoms with E-state index in [9.17, 15) is 9.90 Å². The number of aliphatic hydroxyl groups is 1. The number of carbonyl (C=O) groups is 1. The third-order valence-electron chi connectivity index (χ3n) is 4.37. The average Bonchev–Trinajstić information content (AvgIpc) is 2.60. The Labute approximate surface area is 156 Å². The van der Waals surface area contributed by atoms with Gasteiger partial charge in [-0.1, -0.05) is 48.0 Å². The van der Waals surface area contributed by atoms with Crippen molar-refractivity contribution < 1.29 is 14.6 Å². The molecule has 2 aromatic carbocycles. The minimum atomic E-state index is -0.580. The Hall–Kier alpha value is -2.23. The Morgan fingerprint density at radius 1 is 1.12 bits per heavy atom. The second-order valence-electron chi connectivity index (χ2n) is 5.85. The molecule has 2 aromatic rings. The molecule has 0 aromatic heterocycles. The van der Waals surface area contributed by atoms with Crippen molar-refractivity contribution in [3.8, 4) is 0 Å². The third kappa shape index (κ3) is 3.30. The van der Waals surface area contributed by atoms with Crippen LogP contribution in [0.4, 0.5) is 0 Å². The highest BCUT2D eigenvalue weighted by molar-refractivity contribution is 6.31. The second-order valence-corrected chi connectivity index (χ2v) is 6.73. The van der Waals surface area contributed by atoms with Gasteiger partial charge >= 0.3 is 5.97 Å². The van der Waals surface area contributed by atoms with Crippen LogP contribution in [0.5, 0.6) is 0 Å². The van der Waals surface area contributed by atoms with Crippen molar-refractivity contribution in [2.75, 3.05) is 7.11 Å². The van der Waals surface area contributed by atoms with Crippen LogP contribution in [-0.4, -0.2) is 18.2 Å². The molecule has 0 spiro atoms. The number of methoxy groups -OCH3 is 1. The van der Waals surface area contributed by atoms with E-state index in [-0.39, 0.29) is 11.3 Å². The molecule has 3 rings (SSSR count). The van der Waals surface area contributed by atoms with E-state index >= 15 is 0 Å². The van der Waals surface area contributed by atoms with Gasteiger partial charge in [-0.25, -0.2) is 4.79 Å². The predicted molar refractivity (Wildman–Crippen MR) is 101 cm³/mol. The first-order valence-corrected chi connectivity index (χ1v) is 8.43. The molecule has 0 saturated heterocycles. The molecule has 25 heavy (non-hydrogen) atoms. The fourth-order valence-corrected chi connectivity index (χ4v) is 3.39. The maximum Gasteiger partial charge on any atom is 0.338 e. The first kappa shape index (κ1) is 17.6. The van der Waals surface area contributed by atoms with Crippen LogP contribution < -0.4 is 0 Å². The molecule has 1 aliphatic carbocycles. The molecule has 3 nitrogen and oxygen atoms in total. The van der Waals surface area contributed by atoms with E-state index in [1.54, 1.807) is 30.3 Å². The van der Waals surface area contributed by atoms with Gasteiger partial charge in [0.25, 0.3) is 0 Å². The normalized spacial score (nSPS) is 16.6. The summed E-state index contributed by atoms with van der Waals surface area (Å²) in [5.74, 6) is -1.10. The lowest BCUT2D eigenvalue weighted by Gasteiger charge is -2.29. The summed E-state index contributed by atoms with van der Waals surface area (Å²) >= 11 is 12.0. The number of esters is 1. The van der Waals surface area contributed by atoms with Crippen LogP contribution in [0.1, 0.15) is 16.7 Å². The van der Waals surface area contributed by atoms with Gasteiger partial charge < -0.3 is 9.84 Å². The fourth-order valence-electron chi connectivity index (χ4n) is 3.09. The van der Waals surface area contributed by atoms with Gasteiger partial charge in [-0.3, -0.25) is 0 Å². The Morgan fingerprint density at radius 3 is 2.40 bits per heavy atom. The molecule has 0 radical (unpaired) electrons. The molecular weight excluding hydrogens is 359 g/mol. The van der Waals surface area contributed by atoms with E-state index in [4.69, 9.17) is 27.9 Å². The van der Waals surface area contributed by atoms with Crippen LogP contribution in [0.15, 0.2) is 54.6 Å². The monoisotopic (exact) mass is 374 g/mol. The average molecular weight is 375 g/mol. The molecule has 5 heteroatoms. The number of aliphatic hydroxyl groups excluding tert-OH is 1. The van der Waals surface area contributed by atoms with Crippen LogP contribution in [0.2, 0.25) is 10.0 Å². The predicted octanol–water partition coefficient (Wildman–Crippen LogP) is 5.32. The number of benzene rings is 2. The van der Waals surface area contributed by atoms with Gasteiger partial charge in [-0.2, -0.15) is 0 Å². The summed E-state index contributed by atoms with van der Waals surface area (Å²) in [5.41, 5.74) is 3.16. The van der Waals surface area contributed by atoms with Crippen molar-refractivity contribution in [1.29, 1.82) is 0 Å². The topological polar surface area (TPSA) is 46.5 Å². The summed E-state index contributed by atoms with van der Waals surface area (Å²) < 4.78 is 4.89. The van der Waals surface area contributed by atoms with E-state index in [1.165, 1.54) is 7.11 Å². The summed E-state index contributed by atoms with van der Waals surface area (Å²) in [6, 6.07) is 12.5. The zero-order chi connectivity index (χ0) is 18.1. The van der Waals surface area contributed by atoms with Crippen molar-refractivity contribution in [2.45, 2.75) is 6.42 Å². The van der Waals surface area contributed by atoms with Crippen molar-refractivity contribution >= 4 is 40.5 Å². The van der Waals surface area contributed by atoms with Crippen LogP contribution in [-0.2, 0) is 16.0 Å². The summed E-state index contributed by atoms with van der Waals surface area (Å²) in [6.45, 7) is 4.16. The Kier molecular flexibility index (Phi) is 4.89. The molecule has 0 fully saturated rings. The van der Waals surface area contributed by atoms with Crippen LogP contribution in [0.3, 0.4) is 0 Å². The van der Waals surface area contributed by atoms with Gasteiger partial charge in [0.05, 0.1) is 12.7 Å². The molecular formula is C20H16Cl2O3. The zero-order valence-electron chi connectivity index (χ0n) is 13.6. The van der Waals surface area contributed by atoms with Gasteiger partial charge in [0.15, 0.2) is 0 Å². The van der Waals surface area contributed by atoms with Crippen molar-refractivity contribution in [3.05, 3.63) is 81.4 Å². The lowest BCUT2D eigenvalue weighted by molar-refractivity contribution is -0.136. The van der Waals surface area contributed by atoms with Gasteiger partial charge in [0, 0.05) is 21.5 Å². The Bertz CT molecular complexity index is 882. The largest absolute Gasteiger partial charge is 0.507 e. The van der Waals surface area contributed by atoms with Gasteiger partial charge in [0.1, 0.15) is 5.76 Å². The van der Waals surface area contributed by atoms with Crippen LogP contribution >= 0.6 is 23.2 Å². The minimum Gasteiger partial charge on any atom is -0.507 e. The number of carbonyl (C=O) groups excluding carboxylic acids is 1. The number of fused-ring (bicyclic) bond motifs is 1. The fraction of sp³-hybridized carbons (Fsp3) is 0.150. The quantitative estimate of drug-likeness (QED) is 0.739. The summed E-state index contributed by atoms with van der Waals surface area (Å²) in [5, 5.41) is 11.8. The number of allylic oxidation sites excluding steroid dienone is 1. The molecule has 0 saturated carbocycles. The summed E-state index contributed by atoms with van der Waals surface area (Å²) in [6.07, 6.45) is 0.493. The van der Waals surface area contributed by atoms with Crippen molar-refractivity contribution in [1.82, 2.24) is 0 Å². The molecule has 1 atom stereocenters. The third-order valence-corrected chi connectivity index (χ3v) is 4.85. The SMILES string of the molecule is C=C1c2ccc(Cl)cc2C(O)=C(C(=O)OC)C1Cc1ccc(Cl)cc1. The minimum absolute atomic E-state index is 0.115. The standard InChI is InChI=1S/C20H16Cl2O3/c1-11-15-8-7-14(22)10-17(15)19(23)18(20(24)25-2)16(11)9-12-3-5-13(21)6-4-12/h3-8,10,16,23H,1,9H2,2H3. The number of halogens is 2. The maximum atomic E-state index is 12.3. The Balaban J connectivity index is 2.11. The van der Waals surface area contributed by atoms with Crippen molar-refractivity contribution in [2.24, 2.45) is 5.92 Å². The van der Waals surface area contributed by atoms with Crippen LogP contribution in [0, 0.1) is 5.92 Å². The second kappa shape index (κ2) is 6.95. The zero-order valence-corrected chi connectivity index (χ0v) is 15.1. The highest BCUT2D eigenvalue weighted by Crippen LogP contribution is 2.43. The van der Waals surface area contributed by atoms with Crippen LogP contribution in [0.25, 0.3) is 11.3 Å². The molecule has 1 N–H and O–H groups in total. The summed E-state index contributed by atoms with van der Waals surface area (Å²) in [7, 11) is 1.29. The molecule has 1 aliphatic rings. The van der Waals surface area contributed by atoms with E-state index in [2.05, 4.69) is 6.58 Å². The lowest BCUT2D eigenvalue weighted by Crippen LogP contribution is -2.24. The number of hydrogen-bond donors (Lipinski definition) is 1. The molecule has 128 valence electrons. The van der Waals surface area contributed by atoms with E-state index < -0.39 is 11.9 Å². The number of rotatable bonds is 3. The van der Waals surface area contributed by atoms with Crippen molar-refractivity contribution in [3.63, 3.8) is 0 Å². The van der Waals surface area contributed by atoms with E-state index in [1.807, 2.05) is 12.1 Å². The molecule has 0 heterocycles. The molecule has 0 aliphatic heterocycles. The highest BCUT2D eigenvalue weighted by atomic mass is 35.5. The highest BCUT2D eigenvalue weighted by Gasteiger charge is 2.35. The smallest absolute Gasteiger partial charge is 0.338 e. The van der Waals surface area contributed by atoms with E-state index in [0.29, 0.717) is 22.0 Å². The van der Waals surface area contributed by atoms with Gasteiger partial charge in [-0.15, -0.1) is 0 Å².